The van der Waals surface area contributed by atoms with Gasteiger partial charge in [-0.2, -0.15) is 0 Å². The number of rotatable bonds is 6. The lowest BCUT2D eigenvalue weighted by Gasteiger charge is -2.24. The Morgan fingerprint density at radius 1 is 1.56 bits per heavy atom. The Morgan fingerprint density at radius 2 is 2.22 bits per heavy atom. The molecule has 6 heteroatoms. The van der Waals surface area contributed by atoms with Crippen molar-refractivity contribution in [2.45, 2.75) is 39.2 Å². The molecule has 1 heterocycles. The van der Waals surface area contributed by atoms with Crippen molar-refractivity contribution >= 4 is 28.8 Å². The van der Waals surface area contributed by atoms with E-state index in [0.29, 0.717) is 25.1 Å². The van der Waals surface area contributed by atoms with Crippen LogP contribution >= 0.6 is 11.8 Å². The van der Waals surface area contributed by atoms with Crippen molar-refractivity contribution in [1.82, 2.24) is 4.90 Å². The molecule has 1 fully saturated rings. The van der Waals surface area contributed by atoms with Gasteiger partial charge in [-0.05, 0) is 12.3 Å². The maximum Gasteiger partial charge on any atom is 0.326 e. The minimum Gasteiger partial charge on any atom is -0.480 e. The van der Waals surface area contributed by atoms with Crippen LogP contribution < -0.4 is 0 Å². The van der Waals surface area contributed by atoms with E-state index in [1.54, 1.807) is 0 Å². The second-order valence-corrected chi connectivity index (χ2v) is 5.76. The van der Waals surface area contributed by atoms with E-state index in [9.17, 15) is 14.4 Å². The van der Waals surface area contributed by atoms with Gasteiger partial charge in [-0.15, -0.1) is 0 Å². The first-order valence-electron chi connectivity index (χ1n) is 6.11. The summed E-state index contributed by atoms with van der Waals surface area (Å²) in [7, 11) is 0. The Balaban J connectivity index is 2.59. The third kappa shape index (κ3) is 4.01. The van der Waals surface area contributed by atoms with Gasteiger partial charge in [0.25, 0.3) is 0 Å². The zero-order valence-corrected chi connectivity index (χ0v) is 11.5. The van der Waals surface area contributed by atoms with E-state index >= 15 is 0 Å². The van der Waals surface area contributed by atoms with Crippen molar-refractivity contribution in [3.63, 3.8) is 0 Å². The van der Waals surface area contributed by atoms with Crippen molar-refractivity contribution in [2.24, 2.45) is 5.92 Å². The monoisotopic (exact) mass is 273 g/mol. The lowest BCUT2D eigenvalue weighted by atomic mass is 10.1. The first-order chi connectivity index (χ1) is 8.45. The van der Waals surface area contributed by atoms with Crippen molar-refractivity contribution in [3.8, 4) is 0 Å². The number of carboxylic acid groups (broad SMARTS) is 1. The summed E-state index contributed by atoms with van der Waals surface area (Å²) in [6.07, 6.45) is 1.56. The Morgan fingerprint density at radius 3 is 2.72 bits per heavy atom. The van der Waals surface area contributed by atoms with Crippen molar-refractivity contribution in [2.75, 3.05) is 12.3 Å². The van der Waals surface area contributed by atoms with Gasteiger partial charge < -0.3 is 10.0 Å². The molecule has 0 aliphatic carbocycles. The quantitative estimate of drug-likeness (QED) is 0.791. The summed E-state index contributed by atoms with van der Waals surface area (Å²) in [6, 6.07) is -0.713. The number of hydrogen-bond donors (Lipinski definition) is 1. The number of carbonyl (C=O) groups excluding carboxylic acids is 2. The largest absolute Gasteiger partial charge is 0.480 e. The molecule has 0 radical (unpaired) electrons. The fourth-order valence-electron chi connectivity index (χ4n) is 2.14. The molecule has 0 aromatic rings. The predicted molar refractivity (Wildman–Crippen MR) is 69.3 cm³/mol. The summed E-state index contributed by atoms with van der Waals surface area (Å²) in [5, 5.41) is 9.17. The van der Waals surface area contributed by atoms with Crippen LogP contribution in [-0.4, -0.2) is 45.3 Å². The Kier molecular flexibility index (Phi) is 5.65. The predicted octanol–water partition coefficient (Wildman–Crippen LogP) is 1.37. The molecular weight excluding hydrogens is 254 g/mol. The van der Waals surface area contributed by atoms with E-state index in [1.165, 1.54) is 23.6 Å². The maximum absolute atomic E-state index is 11.8. The number of aliphatic carboxylic acids is 1. The normalized spacial score (nSPS) is 21.1. The van der Waals surface area contributed by atoms with Crippen molar-refractivity contribution in [1.29, 1.82) is 0 Å². The second kappa shape index (κ2) is 6.78. The fourth-order valence-corrected chi connectivity index (χ4v) is 2.84. The number of carboxylic acids is 1. The molecule has 0 aromatic heterocycles. The fraction of sp³-hybridized carbons (Fsp3) is 0.750. The van der Waals surface area contributed by atoms with Gasteiger partial charge in [0.2, 0.25) is 5.91 Å². The minimum absolute atomic E-state index is 0.0317. The standard InChI is InChI=1S/C12H19NO4S/c1-3-4-10(12(16)17)13-6-9(5-11(13)15)7-18-8(2)14/h9-10H,3-7H2,1-2H3,(H,16,17). The molecule has 18 heavy (non-hydrogen) atoms. The van der Waals surface area contributed by atoms with Crippen LogP contribution in [0.15, 0.2) is 0 Å². The zero-order chi connectivity index (χ0) is 13.7. The summed E-state index contributed by atoms with van der Waals surface area (Å²) in [5.74, 6) is -0.365. The summed E-state index contributed by atoms with van der Waals surface area (Å²) in [4.78, 5) is 35.3. The van der Waals surface area contributed by atoms with Gasteiger partial charge >= 0.3 is 5.97 Å². The lowest BCUT2D eigenvalue weighted by molar-refractivity contribution is -0.148. The molecule has 102 valence electrons. The highest BCUT2D eigenvalue weighted by Gasteiger charge is 2.37. The Hall–Kier alpha value is -1.04. The van der Waals surface area contributed by atoms with Gasteiger partial charge in [0.1, 0.15) is 6.04 Å². The minimum atomic E-state index is -0.940. The average Bonchev–Trinajstić information content (AvgIpc) is 2.64. The highest BCUT2D eigenvalue weighted by Crippen LogP contribution is 2.25. The molecule has 2 atom stereocenters. The molecule has 1 aliphatic rings. The van der Waals surface area contributed by atoms with E-state index in [1.807, 2.05) is 6.92 Å². The zero-order valence-electron chi connectivity index (χ0n) is 10.7. The maximum atomic E-state index is 11.8. The van der Waals surface area contributed by atoms with Crippen LogP contribution in [-0.2, 0) is 14.4 Å². The Bertz CT molecular complexity index is 345. The van der Waals surface area contributed by atoms with Crippen LogP contribution in [0.1, 0.15) is 33.1 Å². The molecule has 1 rings (SSSR count). The van der Waals surface area contributed by atoms with E-state index in [-0.39, 0.29) is 16.9 Å². The van der Waals surface area contributed by atoms with Gasteiger partial charge in [0, 0.05) is 25.6 Å². The number of nitrogens with zero attached hydrogens (tertiary/aromatic N) is 1. The summed E-state index contributed by atoms with van der Waals surface area (Å²) in [5.41, 5.74) is 0. The van der Waals surface area contributed by atoms with Gasteiger partial charge in [-0.3, -0.25) is 9.59 Å². The van der Waals surface area contributed by atoms with E-state index < -0.39 is 12.0 Å². The molecule has 0 aromatic carbocycles. The summed E-state index contributed by atoms with van der Waals surface area (Å²) >= 11 is 1.20. The summed E-state index contributed by atoms with van der Waals surface area (Å²) < 4.78 is 0. The van der Waals surface area contributed by atoms with Crippen LogP contribution in [0.3, 0.4) is 0 Å². The first-order valence-corrected chi connectivity index (χ1v) is 7.09. The van der Waals surface area contributed by atoms with E-state index in [2.05, 4.69) is 0 Å². The molecule has 1 N–H and O–H groups in total. The van der Waals surface area contributed by atoms with Crippen LogP contribution in [0.2, 0.25) is 0 Å². The van der Waals surface area contributed by atoms with Gasteiger partial charge in [-0.1, -0.05) is 25.1 Å². The van der Waals surface area contributed by atoms with Crippen molar-refractivity contribution in [3.05, 3.63) is 0 Å². The number of hydrogen-bond acceptors (Lipinski definition) is 4. The number of amides is 1. The third-order valence-electron chi connectivity index (χ3n) is 2.98. The van der Waals surface area contributed by atoms with Crippen LogP contribution in [0.5, 0.6) is 0 Å². The Labute approximate surface area is 111 Å². The van der Waals surface area contributed by atoms with Crippen LogP contribution in [0, 0.1) is 5.92 Å². The molecule has 2 unspecified atom stereocenters. The number of thioether (sulfide) groups is 1. The smallest absolute Gasteiger partial charge is 0.326 e. The molecule has 1 saturated heterocycles. The van der Waals surface area contributed by atoms with Crippen LogP contribution in [0.25, 0.3) is 0 Å². The lowest BCUT2D eigenvalue weighted by Crippen LogP contribution is -2.42. The van der Waals surface area contributed by atoms with Crippen molar-refractivity contribution < 1.29 is 19.5 Å². The number of carbonyl (C=O) groups is 3. The van der Waals surface area contributed by atoms with E-state index in [4.69, 9.17) is 5.11 Å². The average molecular weight is 273 g/mol. The third-order valence-corrected chi connectivity index (χ3v) is 4.03. The SMILES string of the molecule is CCCC(C(=O)O)N1CC(CSC(C)=O)CC1=O. The molecule has 1 aliphatic heterocycles. The number of likely N-dealkylation sites (tertiary alicyclic amines) is 1. The van der Waals surface area contributed by atoms with E-state index in [0.717, 1.165) is 6.42 Å². The van der Waals surface area contributed by atoms with Gasteiger partial charge in [0.05, 0.1) is 0 Å². The topological polar surface area (TPSA) is 74.7 Å². The molecular formula is C12H19NO4S. The van der Waals surface area contributed by atoms with Gasteiger partial charge in [-0.25, -0.2) is 4.79 Å². The van der Waals surface area contributed by atoms with Crippen LogP contribution in [0.4, 0.5) is 0 Å². The van der Waals surface area contributed by atoms with Gasteiger partial charge in [0.15, 0.2) is 5.12 Å². The molecule has 0 saturated carbocycles. The highest BCUT2D eigenvalue weighted by molar-refractivity contribution is 8.13. The first kappa shape index (κ1) is 15.0. The molecule has 0 spiro atoms. The molecule has 1 amide bonds. The highest BCUT2D eigenvalue weighted by atomic mass is 32.2. The molecule has 0 bridgehead atoms. The summed E-state index contributed by atoms with van der Waals surface area (Å²) in [6.45, 7) is 3.85. The molecule has 5 nitrogen and oxygen atoms in total. The second-order valence-electron chi connectivity index (χ2n) is 4.56.